The van der Waals surface area contributed by atoms with E-state index in [0.717, 1.165) is 22.0 Å². The van der Waals surface area contributed by atoms with Crippen molar-refractivity contribution in [2.75, 3.05) is 6.61 Å². The summed E-state index contributed by atoms with van der Waals surface area (Å²) in [4.78, 5) is 19.8. The maximum Gasteiger partial charge on any atom is 0.322 e. The fourth-order valence-corrected chi connectivity index (χ4v) is 4.83. The Bertz CT molecular complexity index is 1460. The first-order chi connectivity index (χ1) is 17.0. The fraction of sp³-hybridized carbons (Fsp3) is 0.222. The molecule has 1 N–H and O–H groups in total. The van der Waals surface area contributed by atoms with Crippen molar-refractivity contribution in [2.45, 2.75) is 31.3 Å². The minimum absolute atomic E-state index is 0.0120. The molecule has 0 amide bonds. The summed E-state index contributed by atoms with van der Waals surface area (Å²) >= 11 is 0. The standard InChI is InChI=1S/C27H21FN2O5/c28-20-8-10-22(35-27-29-13-15-3-1-2-4-21(15)30-27)19-7-9-23(26(19)20)34-17-5-6-18-16(11-25(31)32)14-33-24(18)12-17/h1-6,8,10,12-13,16,23H,7,9,11,14H2,(H,31,32)/t16?,23-/m1/s1. The SMILES string of the molecule is O=C(O)CC1COc2cc(O[C@@H]3CCc4c(Oc5ncc6ccccc6n5)ccc(F)c43)ccc21. The first-order valence-electron chi connectivity index (χ1n) is 11.4. The highest BCUT2D eigenvalue weighted by Crippen LogP contribution is 2.44. The van der Waals surface area contributed by atoms with Crippen LogP contribution in [0.15, 0.2) is 60.8 Å². The zero-order valence-electron chi connectivity index (χ0n) is 18.6. The zero-order valence-corrected chi connectivity index (χ0v) is 18.6. The molecule has 0 saturated carbocycles. The highest BCUT2D eigenvalue weighted by molar-refractivity contribution is 5.77. The van der Waals surface area contributed by atoms with Crippen molar-refractivity contribution in [1.29, 1.82) is 0 Å². The van der Waals surface area contributed by atoms with Crippen LogP contribution in [0.2, 0.25) is 0 Å². The minimum Gasteiger partial charge on any atom is -0.492 e. The van der Waals surface area contributed by atoms with Crippen molar-refractivity contribution >= 4 is 16.9 Å². The summed E-state index contributed by atoms with van der Waals surface area (Å²) in [7, 11) is 0. The van der Waals surface area contributed by atoms with Crippen LogP contribution < -0.4 is 14.2 Å². The van der Waals surface area contributed by atoms with Crippen molar-refractivity contribution in [1.82, 2.24) is 9.97 Å². The predicted octanol–water partition coefficient (Wildman–Crippen LogP) is 5.58. The Morgan fingerprint density at radius 1 is 1.17 bits per heavy atom. The largest absolute Gasteiger partial charge is 0.492 e. The van der Waals surface area contributed by atoms with Crippen LogP contribution >= 0.6 is 0 Å². The third kappa shape index (κ3) is 4.01. The Morgan fingerprint density at radius 3 is 2.94 bits per heavy atom. The second kappa shape index (κ2) is 8.54. The van der Waals surface area contributed by atoms with Gasteiger partial charge in [0.1, 0.15) is 29.2 Å². The van der Waals surface area contributed by atoms with Crippen LogP contribution in [0.4, 0.5) is 4.39 Å². The van der Waals surface area contributed by atoms with E-state index >= 15 is 0 Å². The molecule has 7 nitrogen and oxygen atoms in total. The number of fused-ring (bicyclic) bond motifs is 3. The van der Waals surface area contributed by atoms with Gasteiger partial charge in [0.05, 0.1) is 18.5 Å². The number of carboxylic acids is 1. The molecular formula is C27H21FN2O5. The number of para-hydroxylation sites is 1. The van der Waals surface area contributed by atoms with Gasteiger partial charge in [-0.1, -0.05) is 24.3 Å². The molecule has 0 fully saturated rings. The van der Waals surface area contributed by atoms with Crippen molar-refractivity contribution in [2.24, 2.45) is 0 Å². The lowest BCUT2D eigenvalue weighted by atomic mass is 9.98. The van der Waals surface area contributed by atoms with Gasteiger partial charge >= 0.3 is 12.0 Å². The van der Waals surface area contributed by atoms with Gasteiger partial charge in [-0.15, -0.1) is 0 Å². The first kappa shape index (κ1) is 21.3. The van der Waals surface area contributed by atoms with Gasteiger partial charge in [-0.2, -0.15) is 4.98 Å². The number of aliphatic carboxylic acids is 1. The molecule has 0 radical (unpaired) electrons. The van der Waals surface area contributed by atoms with Crippen LogP contribution in [-0.4, -0.2) is 27.7 Å². The smallest absolute Gasteiger partial charge is 0.322 e. The molecule has 4 aromatic rings. The normalized spacial score (nSPS) is 18.1. The number of halogens is 1. The Hall–Kier alpha value is -4.20. The van der Waals surface area contributed by atoms with E-state index in [2.05, 4.69) is 9.97 Å². The van der Waals surface area contributed by atoms with Crippen molar-refractivity contribution in [3.8, 4) is 23.3 Å². The van der Waals surface area contributed by atoms with Crippen LogP contribution in [0.25, 0.3) is 10.9 Å². The topological polar surface area (TPSA) is 90.8 Å². The van der Waals surface area contributed by atoms with E-state index < -0.39 is 12.1 Å². The number of hydrogen-bond donors (Lipinski definition) is 1. The molecule has 2 heterocycles. The van der Waals surface area contributed by atoms with Crippen LogP contribution in [0.3, 0.4) is 0 Å². The summed E-state index contributed by atoms with van der Waals surface area (Å²) in [6, 6.07) is 16.1. The van der Waals surface area contributed by atoms with Crippen LogP contribution in [0, 0.1) is 5.82 Å². The summed E-state index contributed by atoms with van der Waals surface area (Å²) in [5.74, 6) is 0.263. The molecule has 6 rings (SSSR count). The molecule has 0 spiro atoms. The molecule has 3 aromatic carbocycles. The molecule has 1 aromatic heterocycles. The van der Waals surface area contributed by atoms with Gasteiger partial charge in [0.2, 0.25) is 0 Å². The lowest BCUT2D eigenvalue weighted by Gasteiger charge is -2.17. The molecule has 1 aliphatic carbocycles. The number of carboxylic acid groups (broad SMARTS) is 1. The number of ether oxygens (including phenoxy) is 3. The second-order valence-electron chi connectivity index (χ2n) is 8.70. The van der Waals surface area contributed by atoms with E-state index in [1.54, 1.807) is 24.4 Å². The molecule has 176 valence electrons. The summed E-state index contributed by atoms with van der Waals surface area (Å²) in [5, 5.41) is 10.00. The number of aromatic nitrogens is 2. The predicted molar refractivity (Wildman–Crippen MR) is 125 cm³/mol. The molecule has 8 heteroatoms. The van der Waals surface area contributed by atoms with Gasteiger partial charge in [0, 0.05) is 40.3 Å². The highest BCUT2D eigenvalue weighted by Gasteiger charge is 2.32. The molecule has 0 bridgehead atoms. The molecular weight excluding hydrogens is 451 g/mol. The number of carbonyl (C=O) groups is 1. The van der Waals surface area contributed by atoms with Crippen LogP contribution in [-0.2, 0) is 11.2 Å². The number of nitrogens with zero attached hydrogens (tertiary/aromatic N) is 2. The van der Waals surface area contributed by atoms with Gasteiger partial charge in [-0.25, -0.2) is 9.37 Å². The molecule has 2 aliphatic rings. The van der Waals surface area contributed by atoms with Gasteiger partial charge in [-0.05, 0) is 37.1 Å². The lowest BCUT2D eigenvalue weighted by Crippen LogP contribution is -2.07. The quantitative estimate of drug-likeness (QED) is 0.392. The average Bonchev–Trinajstić information content (AvgIpc) is 3.45. The number of hydrogen-bond acceptors (Lipinski definition) is 6. The summed E-state index contributed by atoms with van der Waals surface area (Å²) < 4.78 is 32.7. The van der Waals surface area contributed by atoms with Crippen molar-refractivity contribution in [3.05, 3.63) is 83.3 Å². The van der Waals surface area contributed by atoms with Gasteiger partial charge < -0.3 is 19.3 Å². The summed E-state index contributed by atoms with van der Waals surface area (Å²) in [6.07, 6.45) is 2.40. The van der Waals surface area contributed by atoms with Crippen molar-refractivity contribution < 1.29 is 28.5 Å². The highest BCUT2D eigenvalue weighted by atomic mass is 19.1. The Balaban J connectivity index is 1.24. The van der Waals surface area contributed by atoms with E-state index in [4.69, 9.17) is 19.3 Å². The van der Waals surface area contributed by atoms with E-state index in [-0.39, 0.29) is 24.2 Å². The maximum atomic E-state index is 14.9. The minimum atomic E-state index is -0.864. The number of benzene rings is 3. The van der Waals surface area contributed by atoms with Gasteiger partial charge in [-0.3, -0.25) is 4.79 Å². The molecule has 2 atom stereocenters. The summed E-state index contributed by atoms with van der Waals surface area (Å²) in [5.41, 5.74) is 2.82. The van der Waals surface area contributed by atoms with E-state index in [9.17, 15) is 9.18 Å². The zero-order chi connectivity index (χ0) is 23.9. The third-order valence-electron chi connectivity index (χ3n) is 6.47. The third-order valence-corrected chi connectivity index (χ3v) is 6.47. The monoisotopic (exact) mass is 472 g/mol. The molecule has 35 heavy (non-hydrogen) atoms. The lowest BCUT2D eigenvalue weighted by molar-refractivity contribution is -0.137. The van der Waals surface area contributed by atoms with Gasteiger partial charge in [0.25, 0.3) is 0 Å². The van der Waals surface area contributed by atoms with Crippen LogP contribution in [0.1, 0.15) is 41.6 Å². The Labute approximate surface area is 200 Å². The van der Waals surface area contributed by atoms with Crippen LogP contribution in [0.5, 0.6) is 23.3 Å². The molecule has 1 aliphatic heterocycles. The number of rotatable bonds is 6. The van der Waals surface area contributed by atoms with E-state index in [1.807, 2.05) is 30.3 Å². The van der Waals surface area contributed by atoms with Crippen molar-refractivity contribution in [3.63, 3.8) is 0 Å². The van der Waals surface area contributed by atoms with Gasteiger partial charge in [0.15, 0.2) is 0 Å². The fourth-order valence-electron chi connectivity index (χ4n) is 4.83. The Morgan fingerprint density at radius 2 is 2.06 bits per heavy atom. The summed E-state index contributed by atoms with van der Waals surface area (Å²) in [6.45, 7) is 0.323. The second-order valence-corrected chi connectivity index (χ2v) is 8.70. The molecule has 1 unspecified atom stereocenters. The Kier molecular flexibility index (Phi) is 5.21. The average molecular weight is 472 g/mol. The maximum absolute atomic E-state index is 14.9. The van der Waals surface area contributed by atoms with E-state index in [0.29, 0.717) is 42.3 Å². The van der Waals surface area contributed by atoms with E-state index in [1.165, 1.54) is 6.07 Å². The molecule has 0 saturated heterocycles. The first-order valence-corrected chi connectivity index (χ1v) is 11.4.